The van der Waals surface area contributed by atoms with Crippen LogP contribution in [0.1, 0.15) is 5.56 Å². The molecule has 19 heavy (non-hydrogen) atoms. The van der Waals surface area contributed by atoms with Crippen LogP contribution >= 0.6 is 0 Å². The number of rotatable bonds is 3. The van der Waals surface area contributed by atoms with E-state index in [1.54, 1.807) is 0 Å². The van der Waals surface area contributed by atoms with Crippen LogP contribution in [0.25, 0.3) is 0 Å². The van der Waals surface area contributed by atoms with Crippen LogP contribution in [-0.4, -0.2) is 45.0 Å². The standard InChI is InChI=1S/C9H11NO2.Al.Mn.NO3.H2O/c10-8(9(11)12)6-7-4-2-1-3-5-7;;;2-1(3)4;/h1-5,8H,6,10H2,(H,11,12);;;;1H2/q;;+2;-1;/p-1/t8-;;;;/m0..../s1. The van der Waals surface area contributed by atoms with Crippen molar-refractivity contribution in [3.05, 3.63) is 51.2 Å². The Hall–Kier alpha value is -1.14. The van der Waals surface area contributed by atoms with Gasteiger partial charge in [0.15, 0.2) is 0 Å². The van der Waals surface area contributed by atoms with Crippen LogP contribution in [0.15, 0.2) is 30.3 Å². The van der Waals surface area contributed by atoms with Crippen LogP contribution < -0.4 is 5.73 Å². The van der Waals surface area contributed by atoms with Crippen molar-refractivity contribution >= 4 is 23.3 Å². The molecule has 0 amide bonds. The SMILES string of the molecule is N[C@@H](Cc1ccccc1)C(=O)O.O=[N+]([O-])[O-].[Al].[Mn+2].[OH-]. The van der Waals surface area contributed by atoms with Gasteiger partial charge in [0, 0.05) is 17.4 Å². The van der Waals surface area contributed by atoms with Gasteiger partial charge in [-0.25, -0.2) is 0 Å². The average Bonchev–Trinajstić information content (AvgIpc) is 2.18. The molecule has 0 aliphatic rings. The number of nitrogens with two attached hydrogens (primary N) is 1. The third-order valence-corrected chi connectivity index (χ3v) is 1.62. The summed E-state index contributed by atoms with van der Waals surface area (Å²) in [6.07, 6.45) is 0.385. The van der Waals surface area contributed by atoms with Crippen LogP contribution in [0.4, 0.5) is 0 Å². The summed E-state index contributed by atoms with van der Waals surface area (Å²) in [5.41, 5.74) is 6.30. The quantitative estimate of drug-likeness (QED) is 0.443. The number of benzene rings is 1. The van der Waals surface area contributed by atoms with E-state index in [2.05, 4.69) is 0 Å². The van der Waals surface area contributed by atoms with Crippen molar-refractivity contribution in [2.75, 3.05) is 0 Å². The molecule has 8 nitrogen and oxygen atoms in total. The van der Waals surface area contributed by atoms with Crippen molar-refractivity contribution in [3.63, 3.8) is 0 Å². The molecule has 1 aromatic carbocycles. The van der Waals surface area contributed by atoms with Crippen molar-refractivity contribution in [3.8, 4) is 0 Å². The molecule has 0 unspecified atom stereocenters. The Balaban J connectivity index is -0.000000144. The summed E-state index contributed by atoms with van der Waals surface area (Å²) in [6, 6.07) is 8.54. The average molecular weight is 326 g/mol. The summed E-state index contributed by atoms with van der Waals surface area (Å²) in [5, 5.41) is 23.3. The fourth-order valence-corrected chi connectivity index (χ4v) is 0.955. The Kier molecular flexibility index (Phi) is 20.8. The molecule has 0 aliphatic carbocycles. The Morgan fingerprint density at radius 3 is 2.00 bits per heavy atom. The monoisotopic (exact) mass is 326 g/mol. The van der Waals surface area contributed by atoms with Crippen LogP contribution in [0, 0.1) is 15.3 Å². The van der Waals surface area contributed by atoms with Crippen LogP contribution in [0.2, 0.25) is 0 Å². The fourth-order valence-electron chi connectivity index (χ4n) is 0.955. The van der Waals surface area contributed by atoms with Gasteiger partial charge in [-0.15, -0.1) is 0 Å². The third kappa shape index (κ3) is 16.9. The zero-order valence-electron chi connectivity index (χ0n) is 9.68. The van der Waals surface area contributed by atoms with Gasteiger partial charge in [0.1, 0.15) is 6.04 Å². The summed E-state index contributed by atoms with van der Waals surface area (Å²) in [6.45, 7) is 0. The van der Waals surface area contributed by atoms with Crippen LogP contribution in [0.3, 0.4) is 0 Å². The second-order valence-corrected chi connectivity index (χ2v) is 2.86. The largest absolute Gasteiger partial charge is 2.00 e. The molecule has 1 rings (SSSR count). The molecule has 1 aromatic rings. The molecule has 1 atom stereocenters. The number of aliphatic carboxylic acids is 1. The summed E-state index contributed by atoms with van der Waals surface area (Å²) in [4.78, 5) is 18.6. The van der Waals surface area contributed by atoms with Crippen LogP contribution in [0.5, 0.6) is 0 Å². The van der Waals surface area contributed by atoms with E-state index in [4.69, 9.17) is 26.2 Å². The Morgan fingerprint density at radius 1 is 1.32 bits per heavy atom. The Morgan fingerprint density at radius 2 is 1.68 bits per heavy atom. The number of carboxylic acids is 1. The number of hydrogen-bond donors (Lipinski definition) is 2. The second kappa shape index (κ2) is 14.9. The maximum atomic E-state index is 10.4. The number of hydrogen-bond acceptors (Lipinski definition) is 6. The first kappa shape index (κ1) is 26.4. The molecule has 10 heteroatoms. The van der Waals surface area contributed by atoms with Gasteiger partial charge in [-0.2, -0.15) is 0 Å². The molecule has 0 bridgehead atoms. The van der Waals surface area contributed by atoms with Gasteiger partial charge >= 0.3 is 23.0 Å². The molecule has 4 radical (unpaired) electrons. The molecular formula is C9H12AlMnN2O6. The normalized spacial score (nSPS) is 9.11. The predicted octanol–water partition coefficient (Wildman–Crippen LogP) is -0.158. The second-order valence-electron chi connectivity index (χ2n) is 2.86. The Bertz CT molecular complexity index is 350. The first-order valence-corrected chi connectivity index (χ1v) is 4.27. The molecule has 0 saturated heterocycles. The van der Waals surface area contributed by atoms with Gasteiger partial charge in [-0.05, 0) is 12.0 Å². The van der Waals surface area contributed by atoms with Crippen molar-refractivity contribution in [2.24, 2.45) is 5.73 Å². The minimum atomic E-state index is -1.75. The van der Waals surface area contributed by atoms with Gasteiger partial charge in [-0.3, -0.25) is 4.79 Å². The van der Waals surface area contributed by atoms with Crippen LogP contribution in [-0.2, 0) is 28.3 Å². The molecule has 0 saturated carbocycles. The minimum absolute atomic E-state index is 0. The first-order chi connectivity index (χ1) is 7.43. The molecule has 0 fully saturated rings. The molecule has 104 valence electrons. The molecule has 0 aromatic heterocycles. The van der Waals surface area contributed by atoms with Crippen molar-refractivity contribution in [2.45, 2.75) is 12.5 Å². The van der Waals surface area contributed by atoms with Crippen molar-refractivity contribution in [1.82, 2.24) is 0 Å². The zero-order valence-corrected chi connectivity index (χ0v) is 12.0. The minimum Gasteiger partial charge on any atom is -0.870 e. The van der Waals surface area contributed by atoms with E-state index in [0.29, 0.717) is 6.42 Å². The van der Waals surface area contributed by atoms with Gasteiger partial charge in [0.25, 0.3) is 0 Å². The third-order valence-electron chi connectivity index (χ3n) is 1.62. The van der Waals surface area contributed by atoms with E-state index in [-0.39, 0.29) is 39.9 Å². The topological polar surface area (TPSA) is 160 Å². The zero-order chi connectivity index (χ0) is 12.6. The molecule has 0 aliphatic heterocycles. The van der Waals surface area contributed by atoms with E-state index in [1.807, 2.05) is 30.3 Å². The maximum absolute atomic E-state index is 10.4. The summed E-state index contributed by atoms with van der Waals surface area (Å²) in [7, 11) is 0. The smallest absolute Gasteiger partial charge is 0.870 e. The summed E-state index contributed by atoms with van der Waals surface area (Å²) >= 11 is 0. The summed E-state index contributed by atoms with van der Waals surface area (Å²) < 4.78 is 0. The molecule has 0 spiro atoms. The molecule has 0 heterocycles. The van der Waals surface area contributed by atoms with E-state index >= 15 is 0 Å². The maximum Gasteiger partial charge on any atom is 2.00 e. The Labute approximate surface area is 130 Å². The summed E-state index contributed by atoms with van der Waals surface area (Å²) in [5.74, 6) is -0.959. The first-order valence-electron chi connectivity index (χ1n) is 4.27. The van der Waals surface area contributed by atoms with Gasteiger partial charge in [-0.1, -0.05) is 30.3 Å². The number of carboxylic acid groups (broad SMARTS) is 1. The van der Waals surface area contributed by atoms with Crippen molar-refractivity contribution < 1.29 is 37.5 Å². The molecule has 4 N–H and O–H groups in total. The fraction of sp³-hybridized carbons (Fsp3) is 0.222. The van der Waals surface area contributed by atoms with E-state index in [9.17, 15) is 4.79 Å². The number of nitrogens with zero attached hydrogens (tertiary/aromatic N) is 1. The number of carbonyl (C=O) groups is 1. The van der Waals surface area contributed by atoms with E-state index in [1.165, 1.54) is 0 Å². The van der Waals surface area contributed by atoms with Gasteiger partial charge < -0.3 is 31.6 Å². The van der Waals surface area contributed by atoms with Gasteiger partial charge in [0.2, 0.25) is 0 Å². The predicted molar refractivity (Wildman–Crippen MR) is 63.8 cm³/mol. The van der Waals surface area contributed by atoms with E-state index < -0.39 is 17.1 Å². The molecular weight excluding hydrogens is 314 g/mol. The van der Waals surface area contributed by atoms with Gasteiger partial charge in [0.05, 0.1) is 5.09 Å². The van der Waals surface area contributed by atoms with Crippen molar-refractivity contribution in [1.29, 1.82) is 0 Å². The van der Waals surface area contributed by atoms with E-state index in [0.717, 1.165) is 5.56 Å².